The Morgan fingerprint density at radius 3 is 2.29 bits per heavy atom. The van der Waals surface area contributed by atoms with Gasteiger partial charge in [0.25, 0.3) is 0 Å². The van der Waals surface area contributed by atoms with Crippen molar-refractivity contribution in [3.05, 3.63) is 0 Å². The fourth-order valence-corrected chi connectivity index (χ4v) is 1.83. The van der Waals surface area contributed by atoms with Crippen LogP contribution in [0.1, 0.15) is 32.1 Å². The van der Waals surface area contributed by atoms with E-state index in [-0.39, 0.29) is 13.2 Å². The molecule has 0 aromatic rings. The topological polar surface area (TPSA) is 87.7 Å². The molecule has 5 nitrogen and oxygen atoms in total. The largest absolute Gasteiger partial charge is 0.395 e. The van der Waals surface area contributed by atoms with Crippen molar-refractivity contribution in [3.8, 4) is 0 Å². The van der Waals surface area contributed by atoms with Gasteiger partial charge in [-0.1, -0.05) is 19.3 Å². The second kappa shape index (κ2) is 13.9. The summed E-state index contributed by atoms with van der Waals surface area (Å²) in [5.74, 6) is 0. The summed E-state index contributed by atoms with van der Waals surface area (Å²) in [5, 5.41) is 20.0. The minimum atomic E-state index is 0.0833. The smallest absolute Gasteiger partial charge is 0.0698 e. The summed E-state index contributed by atoms with van der Waals surface area (Å²) in [5.41, 5.74) is 5.06. The van der Waals surface area contributed by atoms with Gasteiger partial charge in [-0.25, -0.2) is 0 Å². The van der Waals surface area contributed by atoms with Crippen molar-refractivity contribution in [1.29, 1.82) is 0 Å². The molecule has 0 saturated heterocycles. The Kier molecular flexibility index (Phi) is 13.7. The summed E-state index contributed by atoms with van der Waals surface area (Å²) >= 11 is 0. The minimum Gasteiger partial charge on any atom is -0.395 e. The molecule has 0 aliphatic heterocycles. The van der Waals surface area contributed by atoms with Crippen LogP contribution >= 0.6 is 0 Å². The SMILES string of the molecule is NCCOCCO.OCCNC1CCCCC1. The fraction of sp³-hybridized carbons (Fsp3) is 1.00. The molecular weight excluding hydrogens is 220 g/mol. The van der Waals surface area contributed by atoms with E-state index in [1.54, 1.807) is 0 Å². The first-order valence-electron chi connectivity index (χ1n) is 6.58. The summed E-state index contributed by atoms with van der Waals surface area (Å²) in [6, 6.07) is 0.695. The van der Waals surface area contributed by atoms with Gasteiger partial charge in [0.05, 0.1) is 26.4 Å². The van der Waals surface area contributed by atoms with Crippen molar-refractivity contribution in [2.24, 2.45) is 5.73 Å². The highest BCUT2D eigenvalue weighted by atomic mass is 16.5. The molecule has 0 radical (unpaired) electrons. The molecule has 0 aromatic carbocycles. The maximum Gasteiger partial charge on any atom is 0.0698 e. The molecule has 5 heteroatoms. The molecule has 0 amide bonds. The van der Waals surface area contributed by atoms with Gasteiger partial charge in [-0.05, 0) is 12.8 Å². The molecule has 0 bridgehead atoms. The van der Waals surface area contributed by atoms with Gasteiger partial charge in [0.1, 0.15) is 0 Å². The summed E-state index contributed by atoms with van der Waals surface area (Å²) in [7, 11) is 0. The van der Waals surface area contributed by atoms with Gasteiger partial charge in [-0.15, -0.1) is 0 Å². The van der Waals surface area contributed by atoms with Gasteiger partial charge in [0.15, 0.2) is 0 Å². The third-order valence-electron chi connectivity index (χ3n) is 2.65. The number of rotatable bonds is 7. The zero-order valence-corrected chi connectivity index (χ0v) is 10.7. The van der Waals surface area contributed by atoms with Gasteiger partial charge >= 0.3 is 0 Å². The maximum atomic E-state index is 8.53. The fourth-order valence-electron chi connectivity index (χ4n) is 1.83. The van der Waals surface area contributed by atoms with Crippen LogP contribution in [0.2, 0.25) is 0 Å². The van der Waals surface area contributed by atoms with Gasteiger partial charge < -0.3 is 26.0 Å². The molecule has 1 fully saturated rings. The zero-order chi connectivity index (χ0) is 12.8. The molecule has 0 atom stereocenters. The van der Waals surface area contributed by atoms with Crippen LogP contribution in [-0.4, -0.2) is 55.8 Å². The Morgan fingerprint density at radius 1 is 1.06 bits per heavy atom. The van der Waals surface area contributed by atoms with Crippen LogP contribution in [0, 0.1) is 0 Å². The highest BCUT2D eigenvalue weighted by molar-refractivity contribution is 4.70. The first-order chi connectivity index (χ1) is 8.35. The highest BCUT2D eigenvalue weighted by Crippen LogP contribution is 2.16. The lowest BCUT2D eigenvalue weighted by Crippen LogP contribution is -2.32. The number of hydrogen-bond donors (Lipinski definition) is 4. The van der Waals surface area contributed by atoms with Crippen molar-refractivity contribution in [1.82, 2.24) is 5.32 Å². The quantitative estimate of drug-likeness (QED) is 0.471. The first-order valence-corrected chi connectivity index (χ1v) is 6.58. The lowest BCUT2D eigenvalue weighted by Gasteiger charge is -2.22. The summed E-state index contributed by atoms with van der Waals surface area (Å²) < 4.78 is 4.76. The number of nitrogens with one attached hydrogen (secondary N) is 1. The third-order valence-corrected chi connectivity index (χ3v) is 2.65. The number of aliphatic hydroxyl groups excluding tert-OH is 2. The second-order valence-electron chi connectivity index (χ2n) is 4.14. The van der Waals surface area contributed by atoms with Crippen LogP contribution in [0.25, 0.3) is 0 Å². The highest BCUT2D eigenvalue weighted by Gasteiger charge is 2.11. The average Bonchev–Trinajstić information content (AvgIpc) is 2.39. The zero-order valence-electron chi connectivity index (χ0n) is 10.7. The lowest BCUT2D eigenvalue weighted by atomic mass is 9.96. The summed E-state index contributed by atoms with van der Waals surface area (Å²) in [6.45, 7) is 2.60. The third kappa shape index (κ3) is 12.1. The van der Waals surface area contributed by atoms with Crippen molar-refractivity contribution in [3.63, 3.8) is 0 Å². The van der Waals surface area contributed by atoms with Gasteiger partial charge in [0.2, 0.25) is 0 Å². The number of ether oxygens (including phenoxy) is 1. The maximum absolute atomic E-state index is 8.53. The Labute approximate surface area is 104 Å². The molecule has 5 N–H and O–H groups in total. The van der Waals surface area contributed by atoms with Crippen LogP contribution in [0.15, 0.2) is 0 Å². The van der Waals surface area contributed by atoms with E-state index < -0.39 is 0 Å². The monoisotopic (exact) mass is 248 g/mol. The molecule has 1 aliphatic rings. The Bertz CT molecular complexity index is 138. The van der Waals surface area contributed by atoms with E-state index >= 15 is 0 Å². The van der Waals surface area contributed by atoms with Gasteiger partial charge in [-0.3, -0.25) is 0 Å². The molecular formula is C12H28N2O3. The van der Waals surface area contributed by atoms with Gasteiger partial charge in [-0.2, -0.15) is 0 Å². The Balaban J connectivity index is 0.000000325. The van der Waals surface area contributed by atoms with Crippen LogP contribution in [0.5, 0.6) is 0 Å². The predicted octanol–water partition coefficient (Wildman–Crippen LogP) is -0.145. The van der Waals surface area contributed by atoms with Crippen molar-refractivity contribution < 1.29 is 14.9 Å². The summed E-state index contributed by atoms with van der Waals surface area (Å²) in [4.78, 5) is 0. The molecule has 0 spiro atoms. The van der Waals surface area contributed by atoms with Crippen LogP contribution in [-0.2, 0) is 4.74 Å². The second-order valence-corrected chi connectivity index (χ2v) is 4.14. The number of hydrogen-bond acceptors (Lipinski definition) is 5. The lowest BCUT2D eigenvalue weighted by molar-refractivity contribution is 0.0976. The van der Waals surface area contributed by atoms with Crippen molar-refractivity contribution in [2.75, 3.05) is 39.5 Å². The first kappa shape index (κ1) is 16.8. The van der Waals surface area contributed by atoms with E-state index in [2.05, 4.69) is 5.32 Å². The molecule has 104 valence electrons. The molecule has 1 rings (SSSR count). The van der Waals surface area contributed by atoms with Crippen LogP contribution < -0.4 is 11.1 Å². The molecule has 0 heterocycles. The van der Waals surface area contributed by atoms with Crippen LogP contribution in [0.3, 0.4) is 0 Å². The Hall–Kier alpha value is -0.200. The van der Waals surface area contributed by atoms with E-state index in [1.807, 2.05) is 0 Å². The van der Waals surface area contributed by atoms with E-state index in [0.29, 0.717) is 25.8 Å². The number of nitrogens with two attached hydrogens (primary N) is 1. The standard InChI is InChI=1S/C8H17NO.C4H11NO2/c10-7-6-9-8-4-2-1-3-5-8;5-1-3-7-4-2-6/h8-10H,1-7H2;6H,1-5H2. The average molecular weight is 248 g/mol. The number of aliphatic hydroxyl groups is 2. The van der Waals surface area contributed by atoms with Crippen molar-refractivity contribution >= 4 is 0 Å². The van der Waals surface area contributed by atoms with E-state index in [0.717, 1.165) is 6.54 Å². The van der Waals surface area contributed by atoms with E-state index in [1.165, 1.54) is 32.1 Å². The summed E-state index contributed by atoms with van der Waals surface area (Å²) in [6.07, 6.45) is 6.74. The molecule has 1 saturated carbocycles. The van der Waals surface area contributed by atoms with Crippen LogP contribution in [0.4, 0.5) is 0 Å². The molecule has 1 aliphatic carbocycles. The van der Waals surface area contributed by atoms with Crippen molar-refractivity contribution in [2.45, 2.75) is 38.1 Å². The predicted molar refractivity (Wildman–Crippen MR) is 68.9 cm³/mol. The molecule has 0 unspecified atom stereocenters. The van der Waals surface area contributed by atoms with E-state index in [4.69, 9.17) is 20.7 Å². The minimum absolute atomic E-state index is 0.0833. The van der Waals surface area contributed by atoms with Gasteiger partial charge in [0, 0.05) is 19.1 Å². The normalized spacial score (nSPS) is 16.4. The molecule has 0 aromatic heterocycles. The molecule has 17 heavy (non-hydrogen) atoms. The van der Waals surface area contributed by atoms with E-state index in [9.17, 15) is 0 Å². The Morgan fingerprint density at radius 2 is 1.76 bits per heavy atom.